The number of nitrogens with two attached hydrogens (primary N) is 1. The monoisotopic (exact) mass is 281 g/mol. The van der Waals surface area contributed by atoms with E-state index < -0.39 is 17.7 Å². The minimum Gasteiger partial charge on any atom is -0.320 e. The number of hydrogen-bond acceptors (Lipinski definition) is 3. The van der Waals surface area contributed by atoms with Crippen LogP contribution in [0.3, 0.4) is 0 Å². The van der Waals surface area contributed by atoms with E-state index in [1.807, 2.05) is 17.5 Å². The molecule has 5 heteroatoms. The molecule has 0 fully saturated rings. The van der Waals surface area contributed by atoms with Crippen LogP contribution in [0.5, 0.6) is 0 Å². The van der Waals surface area contributed by atoms with E-state index in [9.17, 15) is 8.78 Å². The van der Waals surface area contributed by atoms with Crippen molar-refractivity contribution in [3.8, 4) is 0 Å². The van der Waals surface area contributed by atoms with Gasteiger partial charge in [-0.2, -0.15) is 0 Å². The van der Waals surface area contributed by atoms with Gasteiger partial charge < -0.3 is 5.73 Å². The first kappa shape index (κ1) is 11.8. The summed E-state index contributed by atoms with van der Waals surface area (Å²) in [5, 5.41) is 2.02. The molecule has 0 saturated carbocycles. The molecule has 2 N–H and O–H groups in total. The zero-order valence-electron chi connectivity index (χ0n) is 9.19. The van der Waals surface area contributed by atoms with Crippen molar-refractivity contribution in [2.75, 3.05) is 0 Å². The molecule has 1 atom stereocenters. The second-order valence-corrected chi connectivity index (χ2v) is 6.01. The molecule has 0 radical (unpaired) electrons. The van der Waals surface area contributed by atoms with Crippen LogP contribution in [0.4, 0.5) is 8.78 Å². The molecule has 1 nitrogen and oxygen atoms in total. The third-order valence-electron chi connectivity index (χ3n) is 2.77. The van der Waals surface area contributed by atoms with E-state index in [0.717, 1.165) is 17.0 Å². The second kappa shape index (κ2) is 4.42. The average molecular weight is 281 g/mol. The van der Waals surface area contributed by atoms with Gasteiger partial charge in [-0.05, 0) is 35.2 Å². The number of thiophene rings is 2. The quantitative estimate of drug-likeness (QED) is 0.745. The SMILES string of the molecule is NC(c1ccc(F)c(F)c1)c1cc2sccc2s1. The normalized spacial score (nSPS) is 13.1. The Labute approximate surface area is 110 Å². The van der Waals surface area contributed by atoms with Gasteiger partial charge in [0.1, 0.15) is 0 Å². The van der Waals surface area contributed by atoms with E-state index in [0.29, 0.717) is 5.56 Å². The van der Waals surface area contributed by atoms with E-state index in [1.165, 1.54) is 15.5 Å². The van der Waals surface area contributed by atoms with Gasteiger partial charge in [0.25, 0.3) is 0 Å². The highest BCUT2D eigenvalue weighted by Crippen LogP contribution is 2.34. The lowest BCUT2D eigenvalue weighted by Gasteiger charge is -2.09. The van der Waals surface area contributed by atoms with E-state index in [-0.39, 0.29) is 0 Å². The molecule has 0 bridgehead atoms. The summed E-state index contributed by atoms with van der Waals surface area (Å²) in [5.41, 5.74) is 6.67. The zero-order chi connectivity index (χ0) is 12.7. The van der Waals surface area contributed by atoms with Gasteiger partial charge >= 0.3 is 0 Å². The summed E-state index contributed by atoms with van der Waals surface area (Å²) in [5.74, 6) is -1.71. The van der Waals surface area contributed by atoms with Crippen molar-refractivity contribution >= 4 is 32.1 Å². The second-order valence-electron chi connectivity index (χ2n) is 3.95. The summed E-state index contributed by atoms with van der Waals surface area (Å²) in [4.78, 5) is 0.961. The Kier molecular flexibility index (Phi) is 2.89. The molecule has 2 heterocycles. The van der Waals surface area contributed by atoms with Crippen LogP contribution in [0.2, 0.25) is 0 Å². The van der Waals surface area contributed by atoms with Crippen LogP contribution in [-0.4, -0.2) is 0 Å². The molecule has 0 aliphatic rings. The molecule has 3 aromatic rings. The molecule has 0 amide bonds. The lowest BCUT2D eigenvalue weighted by Crippen LogP contribution is -2.10. The first-order valence-electron chi connectivity index (χ1n) is 5.32. The molecule has 18 heavy (non-hydrogen) atoms. The van der Waals surface area contributed by atoms with Gasteiger partial charge in [0.05, 0.1) is 6.04 Å². The summed E-state index contributed by atoms with van der Waals surface area (Å²) >= 11 is 3.23. The van der Waals surface area contributed by atoms with Crippen LogP contribution in [0.25, 0.3) is 9.40 Å². The number of fused-ring (bicyclic) bond motifs is 1. The van der Waals surface area contributed by atoms with Crippen molar-refractivity contribution in [1.82, 2.24) is 0 Å². The van der Waals surface area contributed by atoms with E-state index in [1.54, 1.807) is 22.7 Å². The maximum Gasteiger partial charge on any atom is 0.159 e. The molecule has 0 aliphatic carbocycles. The minimum atomic E-state index is -0.860. The number of benzene rings is 1. The highest BCUT2D eigenvalue weighted by molar-refractivity contribution is 7.26. The summed E-state index contributed by atoms with van der Waals surface area (Å²) < 4.78 is 28.4. The summed E-state index contributed by atoms with van der Waals surface area (Å²) in [6.07, 6.45) is 0. The molecule has 0 aliphatic heterocycles. The Bertz CT molecular complexity index is 673. The van der Waals surface area contributed by atoms with E-state index in [4.69, 9.17) is 5.73 Å². The van der Waals surface area contributed by atoms with E-state index >= 15 is 0 Å². The highest BCUT2D eigenvalue weighted by Gasteiger charge is 2.14. The smallest absolute Gasteiger partial charge is 0.159 e. The van der Waals surface area contributed by atoms with Crippen LogP contribution < -0.4 is 5.73 Å². The summed E-state index contributed by atoms with van der Waals surface area (Å²) in [6, 6.07) is 7.43. The van der Waals surface area contributed by atoms with Gasteiger partial charge in [0.15, 0.2) is 11.6 Å². The third kappa shape index (κ3) is 1.94. The van der Waals surface area contributed by atoms with Gasteiger partial charge in [0, 0.05) is 14.3 Å². The Morgan fingerprint density at radius 3 is 2.56 bits per heavy atom. The Morgan fingerprint density at radius 1 is 1.00 bits per heavy atom. The van der Waals surface area contributed by atoms with Crippen LogP contribution >= 0.6 is 22.7 Å². The Morgan fingerprint density at radius 2 is 1.83 bits per heavy atom. The van der Waals surface area contributed by atoms with Crippen LogP contribution in [0, 0.1) is 11.6 Å². The van der Waals surface area contributed by atoms with Gasteiger partial charge in [-0.25, -0.2) is 8.78 Å². The number of hydrogen-bond donors (Lipinski definition) is 1. The molecule has 2 aromatic heterocycles. The maximum absolute atomic E-state index is 13.2. The molecular weight excluding hydrogens is 272 g/mol. The molecule has 1 unspecified atom stereocenters. The minimum absolute atomic E-state index is 0.412. The average Bonchev–Trinajstić information content (AvgIpc) is 2.92. The Hall–Kier alpha value is -1.30. The van der Waals surface area contributed by atoms with Crippen molar-refractivity contribution in [3.05, 3.63) is 57.8 Å². The van der Waals surface area contributed by atoms with Crippen molar-refractivity contribution in [2.24, 2.45) is 5.73 Å². The zero-order valence-corrected chi connectivity index (χ0v) is 10.8. The predicted octanol–water partition coefficient (Wildman–Crippen LogP) is 4.29. The fraction of sp³-hybridized carbons (Fsp3) is 0.0769. The molecular formula is C13H9F2NS2. The number of rotatable bonds is 2. The van der Waals surface area contributed by atoms with Gasteiger partial charge in [0.2, 0.25) is 0 Å². The number of halogens is 2. The molecule has 1 aromatic carbocycles. The molecule has 0 spiro atoms. The Balaban J connectivity index is 2.00. The van der Waals surface area contributed by atoms with Crippen LogP contribution in [0.15, 0.2) is 35.7 Å². The van der Waals surface area contributed by atoms with Gasteiger partial charge in [-0.1, -0.05) is 6.07 Å². The lowest BCUT2D eigenvalue weighted by atomic mass is 10.1. The highest BCUT2D eigenvalue weighted by atomic mass is 32.1. The van der Waals surface area contributed by atoms with E-state index in [2.05, 4.69) is 0 Å². The largest absolute Gasteiger partial charge is 0.320 e. The first-order valence-corrected chi connectivity index (χ1v) is 7.02. The van der Waals surface area contributed by atoms with Crippen molar-refractivity contribution < 1.29 is 8.78 Å². The van der Waals surface area contributed by atoms with Gasteiger partial charge in [-0.15, -0.1) is 22.7 Å². The molecule has 3 rings (SSSR count). The first-order chi connectivity index (χ1) is 8.65. The van der Waals surface area contributed by atoms with Crippen molar-refractivity contribution in [2.45, 2.75) is 6.04 Å². The van der Waals surface area contributed by atoms with Gasteiger partial charge in [-0.3, -0.25) is 0 Å². The van der Waals surface area contributed by atoms with Crippen molar-refractivity contribution in [1.29, 1.82) is 0 Å². The molecule has 92 valence electrons. The van der Waals surface area contributed by atoms with Crippen molar-refractivity contribution in [3.63, 3.8) is 0 Å². The topological polar surface area (TPSA) is 26.0 Å². The molecule has 0 saturated heterocycles. The maximum atomic E-state index is 13.2. The predicted molar refractivity (Wildman–Crippen MR) is 72.1 cm³/mol. The summed E-state index contributed by atoms with van der Waals surface area (Å²) in [7, 11) is 0. The van der Waals surface area contributed by atoms with Crippen LogP contribution in [0.1, 0.15) is 16.5 Å². The third-order valence-corrected chi connectivity index (χ3v) is 4.94. The fourth-order valence-corrected chi connectivity index (χ4v) is 3.96. The standard InChI is InChI=1S/C13H9F2NS2/c14-8-2-1-7(5-9(8)15)13(16)12-6-11-10(18-12)3-4-17-11/h1-6,13H,16H2. The summed E-state index contributed by atoms with van der Waals surface area (Å²) in [6.45, 7) is 0. The fourth-order valence-electron chi connectivity index (χ4n) is 1.81. The van der Waals surface area contributed by atoms with Crippen LogP contribution in [-0.2, 0) is 0 Å². The lowest BCUT2D eigenvalue weighted by molar-refractivity contribution is 0.506.